The van der Waals surface area contributed by atoms with Gasteiger partial charge in [-0.05, 0) is 20.4 Å². The molecule has 102 valence electrons. The molecule has 6 nitrogen and oxygen atoms in total. The van der Waals surface area contributed by atoms with Crippen LogP contribution < -0.4 is 5.32 Å². The van der Waals surface area contributed by atoms with Crippen molar-refractivity contribution in [3.63, 3.8) is 0 Å². The summed E-state index contributed by atoms with van der Waals surface area (Å²) in [5.74, 6) is 1.81. The van der Waals surface area contributed by atoms with Gasteiger partial charge in [0.15, 0.2) is 0 Å². The molecule has 1 aromatic heterocycles. The Labute approximate surface area is 108 Å². The lowest BCUT2D eigenvalue weighted by molar-refractivity contribution is -0.122. The van der Waals surface area contributed by atoms with Crippen LogP contribution in [0.15, 0.2) is 0 Å². The average molecular weight is 253 g/mol. The number of aromatic nitrogens is 3. The van der Waals surface area contributed by atoms with Crippen LogP contribution in [0.1, 0.15) is 31.4 Å². The van der Waals surface area contributed by atoms with E-state index < -0.39 is 0 Å². The highest BCUT2D eigenvalue weighted by atomic mass is 16.2. The molecule has 1 N–H and O–H groups in total. The number of rotatable bonds is 7. The highest BCUT2D eigenvalue weighted by Crippen LogP contribution is 2.00. The summed E-state index contributed by atoms with van der Waals surface area (Å²) in [4.78, 5) is 13.5. The van der Waals surface area contributed by atoms with E-state index in [2.05, 4.69) is 22.4 Å². The zero-order valence-electron chi connectivity index (χ0n) is 11.7. The first kappa shape index (κ1) is 14.6. The van der Waals surface area contributed by atoms with E-state index in [1.165, 1.54) is 0 Å². The largest absolute Gasteiger partial charge is 0.355 e. The predicted octanol–water partition coefficient (Wildman–Crippen LogP) is 0.472. The van der Waals surface area contributed by atoms with E-state index in [1.807, 2.05) is 30.5 Å². The number of hydrogen-bond acceptors (Lipinski definition) is 4. The summed E-state index contributed by atoms with van der Waals surface area (Å²) < 4.78 is 1.94. The quantitative estimate of drug-likeness (QED) is 0.718. The van der Waals surface area contributed by atoms with Gasteiger partial charge in [0.25, 0.3) is 0 Å². The van der Waals surface area contributed by atoms with E-state index in [0.717, 1.165) is 31.0 Å². The van der Waals surface area contributed by atoms with Gasteiger partial charge < -0.3 is 9.88 Å². The molecule has 0 radical (unpaired) electrons. The Morgan fingerprint density at radius 1 is 1.44 bits per heavy atom. The van der Waals surface area contributed by atoms with Gasteiger partial charge in [-0.15, -0.1) is 10.2 Å². The fourth-order valence-electron chi connectivity index (χ4n) is 1.59. The van der Waals surface area contributed by atoms with Crippen LogP contribution in [-0.4, -0.2) is 45.7 Å². The molecule has 0 aromatic carbocycles. The first-order valence-electron chi connectivity index (χ1n) is 6.34. The fraction of sp³-hybridized carbons (Fsp3) is 0.750. The molecular formula is C12H23N5O. The number of nitrogens with one attached hydrogen (secondary N) is 1. The topological polar surface area (TPSA) is 63.1 Å². The normalized spacial score (nSPS) is 10.9. The number of amides is 1. The Hall–Kier alpha value is -1.43. The molecule has 0 bridgehead atoms. The molecule has 0 fully saturated rings. The van der Waals surface area contributed by atoms with E-state index in [9.17, 15) is 4.79 Å². The van der Waals surface area contributed by atoms with Crippen molar-refractivity contribution < 1.29 is 4.79 Å². The number of aryl methyl sites for hydroxylation is 1. The molecule has 6 heteroatoms. The molecule has 0 unspecified atom stereocenters. The van der Waals surface area contributed by atoms with Gasteiger partial charge in [0.1, 0.15) is 11.6 Å². The lowest BCUT2D eigenvalue weighted by atomic mass is 10.3. The van der Waals surface area contributed by atoms with Crippen molar-refractivity contribution in [1.29, 1.82) is 0 Å². The number of likely N-dealkylation sites (N-methyl/N-ethyl adjacent to an activating group) is 1. The maximum absolute atomic E-state index is 11.6. The minimum Gasteiger partial charge on any atom is -0.355 e. The van der Waals surface area contributed by atoms with Crippen LogP contribution in [0.3, 0.4) is 0 Å². The van der Waals surface area contributed by atoms with E-state index in [4.69, 9.17) is 0 Å². The first-order valence-corrected chi connectivity index (χ1v) is 6.34. The van der Waals surface area contributed by atoms with Gasteiger partial charge in [0.2, 0.25) is 5.91 Å². The third-order valence-corrected chi connectivity index (χ3v) is 2.86. The van der Waals surface area contributed by atoms with Gasteiger partial charge in [-0.1, -0.05) is 13.3 Å². The van der Waals surface area contributed by atoms with Crippen molar-refractivity contribution in [2.45, 2.75) is 33.2 Å². The second kappa shape index (κ2) is 7.10. The van der Waals surface area contributed by atoms with Crippen molar-refractivity contribution in [3.8, 4) is 0 Å². The monoisotopic (exact) mass is 253 g/mol. The van der Waals surface area contributed by atoms with E-state index in [1.54, 1.807) is 0 Å². The van der Waals surface area contributed by atoms with Crippen molar-refractivity contribution in [3.05, 3.63) is 11.6 Å². The van der Waals surface area contributed by atoms with Crippen molar-refractivity contribution >= 4 is 5.91 Å². The number of hydrogen-bond donors (Lipinski definition) is 1. The highest BCUT2D eigenvalue weighted by Gasteiger charge is 2.10. The standard InChI is InChI=1S/C12H23N5O/c1-5-6-7-13-12(18)9-16(3)8-11-15-14-10(2)17(11)4/h5-9H2,1-4H3,(H,13,18). The fourth-order valence-corrected chi connectivity index (χ4v) is 1.59. The first-order chi connectivity index (χ1) is 8.54. The molecule has 0 aliphatic heterocycles. The zero-order chi connectivity index (χ0) is 13.5. The Bertz CT molecular complexity index is 388. The third kappa shape index (κ3) is 4.44. The van der Waals surface area contributed by atoms with Crippen LogP contribution in [0, 0.1) is 6.92 Å². The summed E-state index contributed by atoms with van der Waals surface area (Å²) in [6.07, 6.45) is 2.12. The van der Waals surface area contributed by atoms with Crippen molar-refractivity contribution in [2.24, 2.45) is 7.05 Å². The van der Waals surface area contributed by atoms with Crippen molar-refractivity contribution in [1.82, 2.24) is 25.0 Å². The van der Waals surface area contributed by atoms with Gasteiger partial charge in [0, 0.05) is 13.6 Å². The highest BCUT2D eigenvalue weighted by molar-refractivity contribution is 5.77. The molecule has 0 saturated heterocycles. The van der Waals surface area contributed by atoms with E-state index >= 15 is 0 Å². The lowest BCUT2D eigenvalue weighted by Crippen LogP contribution is -2.35. The molecule has 0 saturated carbocycles. The summed E-state index contributed by atoms with van der Waals surface area (Å²) in [5.41, 5.74) is 0. The van der Waals surface area contributed by atoms with E-state index in [-0.39, 0.29) is 5.91 Å². The Morgan fingerprint density at radius 2 is 2.17 bits per heavy atom. The number of carbonyl (C=O) groups excluding carboxylic acids is 1. The second-order valence-electron chi connectivity index (χ2n) is 4.60. The molecule has 0 aliphatic rings. The molecule has 1 aromatic rings. The number of unbranched alkanes of at least 4 members (excludes halogenated alkanes) is 1. The minimum absolute atomic E-state index is 0.0600. The SMILES string of the molecule is CCCCNC(=O)CN(C)Cc1nnc(C)n1C. The minimum atomic E-state index is 0.0600. The van der Waals surface area contributed by atoms with Crippen LogP contribution in [-0.2, 0) is 18.4 Å². The van der Waals surface area contributed by atoms with Crippen LogP contribution in [0.5, 0.6) is 0 Å². The van der Waals surface area contributed by atoms with Crippen molar-refractivity contribution in [2.75, 3.05) is 20.1 Å². The van der Waals surface area contributed by atoms with Crippen LogP contribution in [0.2, 0.25) is 0 Å². The zero-order valence-corrected chi connectivity index (χ0v) is 11.7. The van der Waals surface area contributed by atoms with Gasteiger partial charge in [-0.2, -0.15) is 0 Å². The number of nitrogens with zero attached hydrogens (tertiary/aromatic N) is 4. The Morgan fingerprint density at radius 3 is 2.72 bits per heavy atom. The van der Waals surface area contributed by atoms with Gasteiger partial charge in [0.05, 0.1) is 13.1 Å². The molecule has 0 atom stereocenters. The summed E-state index contributed by atoms with van der Waals surface area (Å²) in [5, 5.41) is 11.0. The molecule has 1 amide bonds. The van der Waals surface area contributed by atoms with Gasteiger partial charge in [-0.3, -0.25) is 9.69 Å². The molecule has 0 aliphatic carbocycles. The average Bonchev–Trinajstić information content (AvgIpc) is 2.61. The van der Waals surface area contributed by atoms with Crippen LogP contribution in [0.25, 0.3) is 0 Å². The van der Waals surface area contributed by atoms with Crippen LogP contribution in [0.4, 0.5) is 0 Å². The molecule has 1 rings (SSSR count). The maximum atomic E-state index is 11.6. The summed E-state index contributed by atoms with van der Waals surface area (Å²) in [6, 6.07) is 0. The molecule has 1 heterocycles. The molecule has 18 heavy (non-hydrogen) atoms. The van der Waals surface area contributed by atoms with Gasteiger partial charge >= 0.3 is 0 Å². The summed E-state index contributed by atoms with van der Waals surface area (Å²) in [6.45, 7) is 5.78. The third-order valence-electron chi connectivity index (χ3n) is 2.86. The summed E-state index contributed by atoms with van der Waals surface area (Å²) >= 11 is 0. The molecular weight excluding hydrogens is 230 g/mol. The van der Waals surface area contributed by atoms with Crippen LogP contribution >= 0.6 is 0 Å². The Balaban J connectivity index is 2.35. The number of carbonyl (C=O) groups is 1. The lowest BCUT2D eigenvalue weighted by Gasteiger charge is -2.15. The smallest absolute Gasteiger partial charge is 0.234 e. The molecule has 0 spiro atoms. The summed E-state index contributed by atoms with van der Waals surface area (Å²) in [7, 11) is 3.84. The Kier molecular flexibility index (Phi) is 5.77. The van der Waals surface area contributed by atoms with E-state index in [0.29, 0.717) is 13.1 Å². The predicted molar refractivity (Wildman–Crippen MR) is 70.0 cm³/mol. The van der Waals surface area contributed by atoms with Gasteiger partial charge in [-0.25, -0.2) is 0 Å². The second-order valence-corrected chi connectivity index (χ2v) is 4.60. The maximum Gasteiger partial charge on any atom is 0.234 e.